The number of amides is 1. The quantitative estimate of drug-likeness (QED) is 0.798. The Kier molecular flexibility index (Phi) is 4.58. The number of pyridine rings is 1. The molecule has 0 aliphatic carbocycles. The molecule has 1 aromatic carbocycles. The van der Waals surface area contributed by atoms with Gasteiger partial charge in [0, 0.05) is 35.3 Å². The second-order valence-corrected chi connectivity index (χ2v) is 4.81. The van der Waals surface area contributed by atoms with E-state index in [9.17, 15) is 4.79 Å². The van der Waals surface area contributed by atoms with Crippen LogP contribution in [0.2, 0.25) is 5.02 Å². The van der Waals surface area contributed by atoms with Crippen molar-refractivity contribution in [2.45, 2.75) is 19.3 Å². The van der Waals surface area contributed by atoms with Crippen LogP contribution in [-0.4, -0.2) is 17.4 Å². The topological polar surface area (TPSA) is 68.0 Å². The lowest BCUT2D eigenvalue weighted by molar-refractivity contribution is -0.118. The van der Waals surface area contributed by atoms with Gasteiger partial charge in [-0.15, -0.1) is 0 Å². The Bertz CT molecular complexity index is 586. The standard InChI is InChI=1S/C14H16ClN3O/c15-10-4-5-11-12(6-8-18-13(11)9-10)17-7-2-1-3-14(16)19/h4-6,8-9H,1-3,7H2,(H2,16,19)(H,17,18). The number of anilines is 1. The number of carbonyl (C=O) groups excluding carboxylic acids is 1. The summed E-state index contributed by atoms with van der Waals surface area (Å²) in [5.41, 5.74) is 6.99. The Morgan fingerprint density at radius 3 is 2.95 bits per heavy atom. The first kappa shape index (κ1) is 13.6. The number of carbonyl (C=O) groups is 1. The molecule has 0 bridgehead atoms. The van der Waals surface area contributed by atoms with E-state index in [0.29, 0.717) is 11.4 Å². The fraction of sp³-hybridized carbons (Fsp3) is 0.286. The van der Waals surface area contributed by atoms with Crippen LogP contribution >= 0.6 is 11.6 Å². The number of primary amides is 1. The Labute approximate surface area is 117 Å². The number of nitrogens with zero attached hydrogens (tertiary/aromatic N) is 1. The first-order valence-corrected chi connectivity index (χ1v) is 6.61. The van der Waals surface area contributed by atoms with Gasteiger partial charge in [-0.05, 0) is 37.1 Å². The Hall–Kier alpha value is -1.81. The molecule has 4 nitrogen and oxygen atoms in total. The van der Waals surface area contributed by atoms with Gasteiger partial charge in [-0.25, -0.2) is 0 Å². The van der Waals surface area contributed by atoms with Crippen LogP contribution in [0.1, 0.15) is 19.3 Å². The second-order valence-electron chi connectivity index (χ2n) is 4.37. The lowest BCUT2D eigenvalue weighted by Crippen LogP contribution is -2.11. The van der Waals surface area contributed by atoms with Gasteiger partial charge in [-0.1, -0.05) is 11.6 Å². The summed E-state index contributed by atoms with van der Waals surface area (Å²) in [6.45, 7) is 0.801. The first-order chi connectivity index (χ1) is 9.16. The maximum Gasteiger partial charge on any atom is 0.217 e. The monoisotopic (exact) mass is 277 g/mol. The fourth-order valence-corrected chi connectivity index (χ4v) is 2.09. The van der Waals surface area contributed by atoms with Crippen LogP contribution in [0.25, 0.3) is 10.9 Å². The summed E-state index contributed by atoms with van der Waals surface area (Å²) in [6, 6.07) is 7.58. The molecule has 0 aliphatic heterocycles. The minimum atomic E-state index is -0.246. The van der Waals surface area contributed by atoms with E-state index < -0.39 is 0 Å². The Morgan fingerprint density at radius 1 is 1.32 bits per heavy atom. The number of unbranched alkanes of at least 4 members (excludes halogenated alkanes) is 1. The van der Waals surface area contributed by atoms with Crippen molar-refractivity contribution in [1.29, 1.82) is 0 Å². The molecule has 0 saturated heterocycles. The molecule has 0 saturated carbocycles. The average molecular weight is 278 g/mol. The van der Waals surface area contributed by atoms with Crippen LogP contribution < -0.4 is 11.1 Å². The molecule has 0 aliphatic rings. The Balaban J connectivity index is 1.99. The van der Waals surface area contributed by atoms with Crippen molar-refractivity contribution < 1.29 is 4.79 Å². The smallest absolute Gasteiger partial charge is 0.217 e. The van der Waals surface area contributed by atoms with Gasteiger partial charge >= 0.3 is 0 Å². The summed E-state index contributed by atoms with van der Waals surface area (Å²) in [6.07, 6.45) is 3.90. The molecule has 2 aromatic rings. The normalized spacial score (nSPS) is 10.6. The van der Waals surface area contributed by atoms with Gasteiger partial charge in [-0.3, -0.25) is 9.78 Å². The zero-order valence-electron chi connectivity index (χ0n) is 10.5. The molecule has 100 valence electrons. The highest BCUT2D eigenvalue weighted by atomic mass is 35.5. The van der Waals surface area contributed by atoms with E-state index in [4.69, 9.17) is 17.3 Å². The average Bonchev–Trinajstić information content (AvgIpc) is 2.37. The third-order valence-corrected chi connectivity index (χ3v) is 3.11. The summed E-state index contributed by atoms with van der Waals surface area (Å²) < 4.78 is 0. The van der Waals surface area contributed by atoms with Crippen LogP contribution in [0.15, 0.2) is 30.5 Å². The molecule has 0 radical (unpaired) electrons. The molecule has 19 heavy (non-hydrogen) atoms. The molecule has 1 amide bonds. The number of aromatic nitrogens is 1. The highest BCUT2D eigenvalue weighted by molar-refractivity contribution is 6.31. The van der Waals surface area contributed by atoms with Gasteiger partial charge in [0.1, 0.15) is 0 Å². The second kappa shape index (κ2) is 6.38. The maximum atomic E-state index is 10.6. The molecule has 0 fully saturated rings. The highest BCUT2D eigenvalue weighted by Crippen LogP contribution is 2.24. The maximum absolute atomic E-state index is 10.6. The van der Waals surface area contributed by atoms with Crippen molar-refractivity contribution in [2.75, 3.05) is 11.9 Å². The molecule has 3 N–H and O–H groups in total. The van der Waals surface area contributed by atoms with E-state index in [1.54, 1.807) is 6.20 Å². The Morgan fingerprint density at radius 2 is 2.16 bits per heavy atom. The van der Waals surface area contributed by atoms with Crippen molar-refractivity contribution >= 4 is 34.1 Å². The molecular formula is C14H16ClN3O. The predicted molar refractivity (Wildman–Crippen MR) is 78.3 cm³/mol. The van der Waals surface area contributed by atoms with E-state index in [0.717, 1.165) is 36.0 Å². The lowest BCUT2D eigenvalue weighted by atomic mass is 10.2. The number of nitrogens with two attached hydrogens (primary N) is 1. The number of benzene rings is 1. The molecule has 1 aromatic heterocycles. The van der Waals surface area contributed by atoms with E-state index in [1.165, 1.54) is 0 Å². The molecule has 0 unspecified atom stereocenters. The summed E-state index contributed by atoms with van der Waals surface area (Å²) in [7, 11) is 0. The minimum absolute atomic E-state index is 0.246. The molecule has 2 rings (SSSR count). The van der Waals surface area contributed by atoms with Gasteiger partial charge in [0.15, 0.2) is 0 Å². The SMILES string of the molecule is NC(=O)CCCCNc1ccnc2cc(Cl)ccc12. The van der Waals surface area contributed by atoms with Gasteiger partial charge in [0.05, 0.1) is 5.52 Å². The van der Waals surface area contributed by atoms with E-state index in [1.807, 2.05) is 24.3 Å². The van der Waals surface area contributed by atoms with Crippen molar-refractivity contribution in [2.24, 2.45) is 5.73 Å². The van der Waals surface area contributed by atoms with Crippen molar-refractivity contribution in [3.05, 3.63) is 35.5 Å². The number of halogens is 1. The minimum Gasteiger partial charge on any atom is -0.384 e. The predicted octanol–water partition coefficient (Wildman–Crippen LogP) is 2.96. The number of hydrogen-bond donors (Lipinski definition) is 2. The van der Waals surface area contributed by atoms with Crippen LogP contribution in [0, 0.1) is 0 Å². The first-order valence-electron chi connectivity index (χ1n) is 6.23. The fourth-order valence-electron chi connectivity index (χ4n) is 1.92. The highest BCUT2D eigenvalue weighted by Gasteiger charge is 2.02. The molecule has 0 atom stereocenters. The van der Waals surface area contributed by atoms with Crippen LogP contribution in [-0.2, 0) is 4.79 Å². The lowest BCUT2D eigenvalue weighted by Gasteiger charge is -2.09. The summed E-state index contributed by atoms with van der Waals surface area (Å²) >= 11 is 5.94. The third kappa shape index (κ3) is 3.83. The summed E-state index contributed by atoms with van der Waals surface area (Å²) in [5, 5.41) is 5.07. The molecule has 1 heterocycles. The largest absolute Gasteiger partial charge is 0.384 e. The van der Waals surface area contributed by atoms with Crippen molar-refractivity contribution in [3.63, 3.8) is 0 Å². The van der Waals surface area contributed by atoms with Gasteiger partial charge in [0.25, 0.3) is 0 Å². The summed E-state index contributed by atoms with van der Waals surface area (Å²) in [4.78, 5) is 14.9. The van der Waals surface area contributed by atoms with Gasteiger partial charge < -0.3 is 11.1 Å². The number of nitrogens with one attached hydrogen (secondary N) is 1. The molecular weight excluding hydrogens is 262 g/mol. The van der Waals surface area contributed by atoms with Crippen LogP contribution in [0.5, 0.6) is 0 Å². The number of hydrogen-bond acceptors (Lipinski definition) is 3. The van der Waals surface area contributed by atoms with Crippen LogP contribution in [0.3, 0.4) is 0 Å². The van der Waals surface area contributed by atoms with Gasteiger partial charge in [0.2, 0.25) is 5.91 Å². The van der Waals surface area contributed by atoms with Gasteiger partial charge in [-0.2, -0.15) is 0 Å². The van der Waals surface area contributed by atoms with E-state index in [2.05, 4.69) is 10.3 Å². The molecule has 0 spiro atoms. The van der Waals surface area contributed by atoms with Crippen molar-refractivity contribution in [3.8, 4) is 0 Å². The summed E-state index contributed by atoms with van der Waals surface area (Å²) in [5.74, 6) is -0.246. The zero-order valence-corrected chi connectivity index (χ0v) is 11.3. The van der Waals surface area contributed by atoms with E-state index >= 15 is 0 Å². The third-order valence-electron chi connectivity index (χ3n) is 2.87. The van der Waals surface area contributed by atoms with Crippen molar-refractivity contribution in [1.82, 2.24) is 4.98 Å². The number of fused-ring (bicyclic) bond motifs is 1. The van der Waals surface area contributed by atoms with E-state index in [-0.39, 0.29) is 5.91 Å². The van der Waals surface area contributed by atoms with Crippen LogP contribution in [0.4, 0.5) is 5.69 Å². The molecule has 5 heteroatoms. The number of rotatable bonds is 6. The zero-order chi connectivity index (χ0) is 13.7.